The summed E-state index contributed by atoms with van der Waals surface area (Å²) in [5.41, 5.74) is 2.47. The van der Waals surface area contributed by atoms with E-state index in [0.717, 1.165) is 12.1 Å². The minimum Gasteiger partial charge on any atom is -0.484 e. The average molecular weight is 342 g/mol. The number of carbonyl (C=O) groups excluding carboxylic acids is 2. The summed E-state index contributed by atoms with van der Waals surface area (Å²) in [5, 5.41) is 5.35. The molecule has 2 amide bonds. The number of hydrogen-bond acceptors (Lipinski definition) is 4. The summed E-state index contributed by atoms with van der Waals surface area (Å²) in [6, 6.07) is 14.4. The van der Waals surface area contributed by atoms with E-state index in [1.165, 1.54) is 5.56 Å². The molecule has 0 saturated heterocycles. The van der Waals surface area contributed by atoms with Gasteiger partial charge < -0.3 is 14.8 Å². The molecule has 6 heteroatoms. The fraction of sp³-hybridized carbons (Fsp3) is 0.263. The van der Waals surface area contributed by atoms with Gasteiger partial charge in [-0.05, 0) is 43.2 Å². The van der Waals surface area contributed by atoms with Gasteiger partial charge in [0.1, 0.15) is 5.75 Å². The van der Waals surface area contributed by atoms with E-state index in [4.69, 9.17) is 9.47 Å². The lowest BCUT2D eigenvalue weighted by Gasteiger charge is -2.10. The summed E-state index contributed by atoms with van der Waals surface area (Å²) in [5.74, 6) is 0.221. The number of nitrogens with one attached hydrogen (secondary N) is 2. The topological polar surface area (TPSA) is 76.7 Å². The molecule has 0 spiro atoms. The number of hydrogen-bond donors (Lipinski definition) is 2. The van der Waals surface area contributed by atoms with E-state index in [-0.39, 0.29) is 12.5 Å². The van der Waals surface area contributed by atoms with E-state index in [9.17, 15) is 9.59 Å². The zero-order chi connectivity index (χ0) is 18.1. The van der Waals surface area contributed by atoms with Gasteiger partial charge in [0.25, 0.3) is 5.91 Å². The summed E-state index contributed by atoms with van der Waals surface area (Å²) >= 11 is 0. The Morgan fingerprint density at radius 2 is 1.72 bits per heavy atom. The van der Waals surface area contributed by atoms with E-state index in [1.54, 1.807) is 31.2 Å². The molecule has 0 aromatic heterocycles. The van der Waals surface area contributed by atoms with Crippen LogP contribution in [0.1, 0.15) is 19.4 Å². The standard InChI is InChI=1S/C19H22N2O4/c1-3-14-8-10-15(11-9-14)20-18(22)13-25-17-7-5-6-16(12-17)21-19(23)24-4-2/h5-12H,3-4,13H2,1-2H3,(H,20,22)(H,21,23). The summed E-state index contributed by atoms with van der Waals surface area (Å²) in [6.07, 6.45) is 0.418. The van der Waals surface area contributed by atoms with Crippen molar-refractivity contribution in [1.29, 1.82) is 0 Å². The van der Waals surface area contributed by atoms with Crippen LogP contribution in [0.3, 0.4) is 0 Å². The van der Waals surface area contributed by atoms with E-state index in [2.05, 4.69) is 17.6 Å². The first-order valence-electron chi connectivity index (χ1n) is 8.16. The van der Waals surface area contributed by atoms with Crippen LogP contribution in [0.5, 0.6) is 5.75 Å². The van der Waals surface area contributed by atoms with Crippen LogP contribution in [0, 0.1) is 0 Å². The van der Waals surface area contributed by atoms with Gasteiger partial charge in [-0.25, -0.2) is 4.79 Å². The maximum Gasteiger partial charge on any atom is 0.411 e. The average Bonchev–Trinajstić information content (AvgIpc) is 2.61. The van der Waals surface area contributed by atoms with Gasteiger partial charge in [-0.1, -0.05) is 25.1 Å². The third kappa shape index (κ3) is 6.18. The second-order valence-corrected chi connectivity index (χ2v) is 5.26. The zero-order valence-corrected chi connectivity index (χ0v) is 14.4. The Balaban J connectivity index is 1.85. The second kappa shape index (κ2) is 9.32. The van der Waals surface area contributed by atoms with Crippen LogP contribution in [-0.4, -0.2) is 25.2 Å². The minimum absolute atomic E-state index is 0.127. The molecule has 0 aliphatic heterocycles. The highest BCUT2D eigenvalue weighted by Crippen LogP contribution is 2.17. The largest absolute Gasteiger partial charge is 0.484 e. The van der Waals surface area contributed by atoms with Crippen molar-refractivity contribution in [2.75, 3.05) is 23.8 Å². The monoisotopic (exact) mass is 342 g/mol. The maximum atomic E-state index is 12.0. The van der Waals surface area contributed by atoms with E-state index in [0.29, 0.717) is 18.0 Å². The van der Waals surface area contributed by atoms with Crippen molar-refractivity contribution in [2.24, 2.45) is 0 Å². The highest BCUT2D eigenvalue weighted by molar-refractivity contribution is 5.92. The van der Waals surface area contributed by atoms with Crippen molar-refractivity contribution in [2.45, 2.75) is 20.3 Å². The molecule has 132 valence electrons. The first-order chi connectivity index (χ1) is 12.1. The summed E-state index contributed by atoms with van der Waals surface area (Å²) < 4.78 is 10.3. The molecule has 0 fully saturated rings. The first-order valence-corrected chi connectivity index (χ1v) is 8.16. The van der Waals surface area contributed by atoms with Crippen LogP contribution in [0.25, 0.3) is 0 Å². The number of amides is 2. The van der Waals surface area contributed by atoms with E-state index >= 15 is 0 Å². The van der Waals surface area contributed by atoms with Crippen molar-refractivity contribution in [3.63, 3.8) is 0 Å². The van der Waals surface area contributed by atoms with Gasteiger partial charge in [0, 0.05) is 17.4 Å². The number of ether oxygens (including phenoxy) is 2. The lowest BCUT2D eigenvalue weighted by molar-refractivity contribution is -0.118. The predicted molar refractivity (Wildman–Crippen MR) is 97.0 cm³/mol. The molecule has 2 rings (SSSR count). The van der Waals surface area contributed by atoms with Gasteiger partial charge >= 0.3 is 6.09 Å². The lowest BCUT2D eigenvalue weighted by atomic mass is 10.1. The normalized spacial score (nSPS) is 10.0. The molecule has 0 aliphatic rings. The Hall–Kier alpha value is -3.02. The van der Waals surface area contributed by atoms with Crippen LogP contribution in [-0.2, 0) is 16.0 Å². The predicted octanol–water partition coefficient (Wildman–Crippen LogP) is 3.83. The van der Waals surface area contributed by atoms with Gasteiger partial charge in [0.15, 0.2) is 6.61 Å². The summed E-state index contributed by atoms with van der Waals surface area (Å²) in [6.45, 7) is 3.97. The zero-order valence-electron chi connectivity index (χ0n) is 14.4. The van der Waals surface area contributed by atoms with Crippen LogP contribution >= 0.6 is 0 Å². The molecular weight excluding hydrogens is 320 g/mol. The number of rotatable bonds is 7. The van der Waals surface area contributed by atoms with Crippen molar-refractivity contribution in [1.82, 2.24) is 0 Å². The molecule has 2 aromatic rings. The molecule has 2 aromatic carbocycles. The van der Waals surface area contributed by atoms with Crippen molar-refractivity contribution >= 4 is 23.4 Å². The number of benzene rings is 2. The molecule has 0 unspecified atom stereocenters. The second-order valence-electron chi connectivity index (χ2n) is 5.26. The molecule has 0 saturated carbocycles. The Bertz CT molecular complexity index is 714. The summed E-state index contributed by atoms with van der Waals surface area (Å²) in [7, 11) is 0. The molecule has 2 N–H and O–H groups in total. The number of aryl methyl sites for hydroxylation is 1. The maximum absolute atomic E-state index is 12.0. The quantitative estimate of drug-likeness (QED) is 0.801. The SMILES string of the molecule is CCOC(=O)Nc1cccc(OCC(=O)Nc2ccc(CC)cc2)c1. The molecule has 0 heterocycles. The molecule has 0 bridgehead atoms. The Labute approximate surface area is 147 Å². The highest BCUT2D eigenvalue weighted by Gasteiger charge is 2.06. The van der Waals surface area contributed by atoms with Gasteiger partial charge in [-0.2, -0.15) is 0 Å². The van der Waals surface area contributed by atoms with Crippen LogP contribution < -0.4 is 15.4 Å². The molecule has 0 aliphatic carbocycles. The van der Waals surface area contributed by atoms with Gasteiger partial charge in [-0.15, -0.1) is 0 Å². The Morgan fingerprint density at radius 3 is 2.40 bits per heavy atom. The molecule has 6 nitrogen and oxygen atoms in total. The fourth-order valence-corrected chi connectivity index (χ4v) is 2.12. The fourth-order valence-electron chi connectivity index (χ4n) is 2.12. The van der Waals surface area contributed by atoms with Crippen LogP contribution in [0.2, 0.25) is 0 Å². The van der Waals surface area contributed by atoms with E-state index < -0.39 is 6.09 Å². The van der Waals surface area contributed by atoms with E-state index in [1.807, 2.05) is 24.3 Å². The van der Waals surface area contributed by atoms with Crippen LogP contribution in [0.15, 0.2) is 48.5 Å². The smallest absolute Gasteiger partial charge is 0.411 e. The van der Waals surface area contributed by atoms with Gasteiger partial charge in [0.2, 0.25) is 0 Å². The van der Waals surface area contributed by atoms with Crippen molar-refractivity contribution in [3.05, 3.63) is 54.1 Å². The Morgan fingerprint density at radius 1 is 0.960 bits per heavy atom. The summed E-state index contributed by atoms with van der Waals surface area (Å²) in [4.78, 5) is 23.4. The van der Waals surface area contributed by atoms with Crippen LogP contribution in [0.4, 0.5) is 16.2 Å². The third-order valence-corrected chi connectivity index (χ3v) is 3.37. The highest BCUT2D eigenvalue weighted by atomic mass is 16.5. The Kier molecular flexibility index (Phi) is 6.83. The molecule has 0 atom stereocenters. The minimum atomic E-state index is -0.534. The van der Waals surface area contributed by atoms with Crippen molar-refractivity contribution < 1.29 is 19.1 Å². The third-order valence-electron chi connectivity index (χ3n) is 3.37. The molecule has 0 radical (unpaired) electrons. The molecular formula is C19H22N2O4. The molecule has 25 heavy (non-hydrogen) atoms. The van der Waals surface area contributed by atoms with Gasteiger partial charge in [-0.3, -0.25) is 10.1 Å². The first kappa shape index (κ1) is 18.3. The van der Waals surface area contributed by atoms with Gasteiger partial charge in [0.05, 0.1) is 6.61 Å². The van der Waals surface area contributed by atoms with Crippen molar-refractivity contribution in [3.8, 4) is 5.75 Å². The number of anilines is 2. The lowest BCUT2D eigenvalue weighted by Crippen LogP contribution is -2.20. The number of carbonyl (C=O) groups is 2.